The van der Waals surface area contributed by atoms with Gasteiger partial charge in [-0.2, -0.15) is 5.26 Å². The highest BCUT2D eigenvalue weighted by Crippen LogP contribution is 2.46. The van der Waals surface area contributed by atoms with E-state index in [1.807, 2.05) is 0 Å². The van der Waals surface area contributed by atoms with E-state index >= 15 is 0 Å². The molecule has 1 nitrogen and oxygen atoms in total. The van der Waals surface area contributed by atoms with Crippen molar-refractivity contribution in [3.05, 3.63) is 0 Å². The molecule has 1 heteroatoms. The molecule has 0 bridgehead atoms. The molecule has 3 unspecified atom stereocenters. The van der Waals surface area contributed by atoms with Gasteiger partial charge in [0.25, 0.3) is 0 Å². The Labute approximate surface area is 88.5 Å². The molecule has 1 aliphatic rings. The Bertz CT molecular complexity index is 212. The summed E-state index contributed by atoms with van der Waals surface area (Å²) in [4.78, 5) is 0. The standard InChI is InChI=1S/C13H23N/c1-9(2)12-6-5-11(7-8-14)13(12)10(3)4/h9-13H,5-7H2,1-4H3. The molecule has 0 aromatic carbocycles. The van der Waals surface area contributed by atoms with Gasteiger partial charge in [-0.25, -0.2) is 0 Å². The van der Waals surface area contributed by atoms with E-state index in [4.69, 9.17) is 5.26 Å². The Morgan fingerprint density at radius 2 is 1.79 bits per heavy atom. The Morgan fingerprint density at radius 1 is 1.14 bits per heavy atom. The van der Waals surface area contributed by atoms with Gasteiger partial charge in [0, 0.05) is 6.42 Å². The predicted octanol–water partition coefficient (Wildman–Crippen LogP) is 3.85. The number of rotatable bonds is 3. The first-order chi connectivity index (χ1) is 6.57. The normalized spacial score (nSPS) is 32.5. The number of nitriles is 1. The van der Waals surface area contributed by atoms with Crippen molar-refractivity contribution in [1.29, 1.82) is 5.26 Å². The predicted molar refractivity (Wildman–Crippen MR) is 59.6 cm³/mol. The van der Waals surface area contributed by atoms with E-state index in [1.165, 1.54) is 12.8 Å². The van der Waals surface area contributed by atoms with Crippen LogP contribution in [0, 0.1) is 40.9 Å². The molecule has 14 heavy (non-hydrogen) atoms. The highest BCUT2D eigenvalue weighted by Gasteiger charge is 2.38. The SMILES string of the molecule is CC(C)C1CCC(CC#N)C1C(C)C. The molecule has 0 heterocycles. The molecule has 0 aromatic rings. The maximum absolute atomic E-state index is 8.80. The molecule has 0 amide bonds. The van der Waals surface area contributed by atoms with Crippen LogP contribution < -0.4 is 0 Å². The summed E-state index contributed by atoms with van der Waals surface area (Å²) in [6, 6.07) is 2.35. The van der Waals surface area contributed by atoms with Crippen LogP contribution in [-0.4, -0.2) is 0 Å². The van der Waals surface area contributed by atoms with E-state index in [0.29, 0.717) is 5.92 Å². The van der Waals surface area contributed by atoms with Crippen LogP contribution in [0.1, 0.15) is 47.0 Å². The maximum Gasteiger partial charge on any atom is 0.0624 e. The van der Waals surface area contributed by atoms with Crippen molar-refractivity contribution in [3.63, 3.8) is 0 Å². The minimum absolute atomic E-state index is 0.674. The Balaban J connectivity index is 2.70. The minimum Gasteiger partial charge on any atom is -0.198 e. The van der Waals surface area contributed by atoms with Gasteiger partial charge in [0.05, 0.1) is 6.07 Å². The summed E-state index contributed by atoms with van der Waals surface area (Å²) in [6.45, 7) is 9.29. The van der Waals surface area contributed by atoms with E-state index < -0.39 is 0 Å². The van der Waals surface area contributed by atoms with Gasteiger partial charge < -0.3 is 0 Å². The van der Waals surface area contributed by atoms with E-state index in [0.717, 1.165) is 30.1 Å². The van der Waals surface area contributed by atoms with Crippen LogP contribution in [0.5, 0.6) is 0 Å². The molecule has 0 aromatic heterocycles. The highest BCUT2D eigenvalue weighted by atomic mass is 14.4. The molecule has 1 saturated carbocycles. The van der Waals surface area contributed by atoms with Gasteiger partial charge in [0.1, 0.15) is 0 Å². The van der Waals surface area contributed by atoms with Crippen molar-refractivity contribution in [2.75, 3.05) is 0 Å². The van der Waals surface area contributed by atoms with Crippen LogP contribution in [0.4, 0.5) is 0 Å². The van der Waals surface area contributed by atoms with Gasteiger partial charge in [0.2, 0.25) is 0 Å². The number of nitrogens with zero attached hydrogens (tertiary/aromatic N) is 1. The molecule has 1 aliphatic carbocycles. The zero-order valence-corrected chi connectivity index (χ0v) is 9.96. The van der Waals surface area contributed by atoms with Crippen molar-refractivity contribution in [1.82, 2.24) is 0 Å². The summed E-state index contributed by atoms with van der Waals surface area (Å²) in [5, 5.41) is 8.80. The molecule has 0 radical (unpaired) electrons. The van der Waals surface area contributed by atoms with Crippen molar-refractivity contribution >= 4 is 0 Å². The molecule has 3 atom stereocenters. The fraction of sp³-hybridized carbons (Fsp3) is 0.923. The number of hydrogen-bond donors (Lipinski definition) is 0. The van der Waals surface area contributed by atoms with Crippen LogP contribution in [-0.2, 0) is 0 Å². The maximum atomic E-state index is 8.80. The van der Waals surface area contributed by atoms with E-state index in [9.17, 15) is 0 Å². The Hall–Kier alpha value is -0.510. The Morgan fingerprint density at radius 3 is 2.21 bits per heavy atom. The van der Waals surface area contributed by atoms with Gasteiger partial charge in [-0.1, -0.05) is 27.7 Å². The molecule has 0 N–H and O–H groups in total. The van der Waals surface area contributed by atoms with Crippen LogP contribution in [0.25, 0.3) is 0 Å². The van der Waals surface area contributed by atoms with Crippen molar-refractivity contribution in [2.24, 2.45) is 29.6 Å². The third-order valence-corrected chi connectivity index (χ3v) is 3.89. The highest BCUT2D eigenvalue weighted by molar-refractivity contribution is 4.92. The van der Waals surface area contributed by atoms with E-state index in [2.05, 4.69) is 33.8 Å². The third-order valence-electron chi connectivity index (χ3n) is 3.89. The summed E-state index contributed by atoms with van der Waals surface area (Å²) in [6.07, 6.45) is 3.39. The second-order valence-corrected chi connectivity index (χ2v) is 5.43. The van der Waals surface area contributed by atoms with Crippen LogP contribution >= 0.6 is 0 Å². The third kappa shape index (κ3) is 2.29. The summed E-state index contributed by atoms with van der Waals surface area (Å²) in [5.41, 5.74) is 0. The van der Waals surface area contributed by atoms with E-state index in [-0.39, 0.29) is 0 Å². The first-order valence-corrected chi connectivity index (χ1v) is 5.94. The lowest BCUT2D eigenvalue weighted by molar-refractivity contribution is 0.191. The first-order valence-electron chi connectivity index (χ1n) is 5.94. The van der Waals surface area contributed by atoms with Gasteiger partial charge >= 0.3 is 0 Å². The number of hydrogen-bond acceptors (Lipinski definition) is 1. The molecule has 0 spiro atoms. The Kier molecular flexibility index (Phi) is 3.98. The molecule has 1 rings (SSSR count). The second kappa shape index (κ2) is 4.82. The van der Waals surface area contributed by atoms with Crippen molar-refractivity contribution in [3.8, 4) is 6.07 Å². The molecular formula is C13H23N. The monoisotopic (exact) mass is 193 g/mol. The summed E-state index contributed by atoms with van der Waals surface area (Å²) < 4.78 is 0. The molecule has 0 saturated heterocycles. The summed E-state index contributed by atoms with van der Waals surface area (Å²) >= 11 is 0. The quantitative estimate of drug-likeness (QED) is 0.667. The van der Waals surface area contributed by atoms with Crippen LogP contribution in [0.15, 0.2) is 0 Å². The van der Waals surface area contributed by atoms with Gasteiger partial charge in [-0.3, -0.25) is 0 Å². The zero-order valence-electron chi connectivity index (χ0n) is 9.96. The molecule has 0 aliphatic heterocycles. The average molecular weight is 193 g/mol. The zero-order chi connectivity index (χ0) is 10.7. The topological polar surface area (TPSA) is 23.8 Å². The lowest BCUT2D eigenvalue weighted by Crippen LogP contribution is -2.24. The van der Waals surface area contributed by atoms with Crippen LogP contribution in [0.3, 0.4) is 0 Å². The van der Waals surface area contributed by atoms with Gasteiger partial charge in [-0.15, -0.1) is 0 Å². The summed E-state index contributed by atoms with van der Waals surface area (Å²) in [7, 11) is 0. The van der Waals surface area contributed by atoms with E-state index in [1.54, 1.807) is 0 Å². The van der Waals surface area contributed by atoms with Gasteiger partial charge in [0.15, 0.2) is 0 Å². The average Bonchev–Trinajstić information content (AvgIpc) is 2.48. The largest absolute Gasteiger partial charge is 0.198 e. The van der Waals surface area contributed by atoms with Gasteiger partial charge in [-0.05, 0) is 42.4 Å². The lowest BCUT2D eigenvalue weighted by Gasteiger charge is -2.30. The van der Waals surface area contributed by atoms with Crippen molar-refractivity contribution in [2.45, 2.75) is 47.0 Å². The fourth-order valence-electron chi connectivity index (χ4n) is 3.31. The fourth-order valence-corrected chi connectivity index (χ4v) is 3.31. The lowest BCUT2D eigenvalue weighted by atomic mass is 9.75. The minimum atomic E-state index is 0.674. The second-order valence-electron chi connectivity index (χ2n) is 5.43. The van der Waals surface area contributed by atoms with Crippen LogP contribution in [0.2, 0.25) is 0 Å². The smallest absolute Gasteiger partial charge is 0.0624 e. The first kappa shape index (κ1) is 11.6. The molecule has 1 fully saturated rings. The molecule has 80 valence electrons. The summed E-state index contributed by atoms with van der Waals surface area (Å²) in [5.74, 6) is 3.84. The van der Waals surface area contributed by atoms with Crippen molar-refractivity contribution < 1.29 is 0 Å². The molecular weight excluding hydrogens is 170 g/mol.